The molecule has 1 aliphatic heterocycles. The third-order valence-corrected chi connectivity index (χ3v) is 6.08. The molecule has 0 radical (unpaired) electrons. The van der Waals surface area contributed by atoms with Crippen molar-refractivity contribution in [2.24, 2.45) is 5.73 Å². The molecule has 1 heterocycles. The zero-order valence-corrected chi connectivity index (χ0v) is 12.0. The first-order valence-electron chi connectivity index (χ1n) is 6.63. The number of sulfone groups is 1. The zero-order chi connectivity index (χ0) is 13.9. The van der Waals surface area contributed by atoms with Crippen LogP contribution in [-0.4, -0.2) is 32.6 Å². The number of ether oxygens (including phenoxy) is 1. The summed E-state index contributed by atoms with van der Waals surface area (Å²) < 4.78 is 29.2. The van der Waals surface area contributed by atoms with Gasteiger partial charge in [0.15, 0.2) is 9.84 Å². The molecule has 2 N–H and O–H groups in total. The molecule has 1 saturated heterocycles. The molecule has 4 nitrogen and oxygen atoms in total. The minimum atomic E-state index is -3.01. The second-order valence-electron chi connectivity index (χ2n) is 5.12. The van der Waals surface area contributed by atoms with Gasteiger partial charge in [0.25, 0.3) is 0 Å². The summed E-state index contributed by atoms with van der Waals surface area (Å²) >= 11 is 0. The number of nitrogens with two attached hydrogens (primary N) is 1. The molecule has 106 valence electrons. The Morgan fingerprint density at radius 3 is 2.89 bits per heavy atom. The zero-order valence-electron chi connectivity index (χ0n) is 11.2. The van der Waals surface area contributed by atoms with Crippen LogP contribution in [0.25, 0.3) is 0 Å². The summed E-state index contributed by atoms with van der Waals surface area (Å²) in [6.07, 6.45) is 2.98. The molecule has 1 aromatic carbocycles. The first kappa shape index (κ1) is 14.3. The van der Waals surface area contributed by atoms with Crippen molar-refractivity contribution < 1.29 is 13.2 Å². The smallest absolute Gasteiger partial charge is 0.154 e. The van der Waals surface area contributed by atoms with E-state index in [1.807, 2.05) is 24.3 Å². The van der Waals surface area contributed by atoms with Crippen LogP contribution >= 0.6 is 0 Å². The number of hydrogen-bond donors (Lipinski definition) is 1. The van der Waals surface area contributed by atoms with Gasteiger partial charge in [0, 0.05) is 6.04 Å². The second-order valence-corrected chi connectivity index (χ2v) is 7.46. The summed E-state index contributed by atoms with van der Waals surface area (Å²) in [5.74, 6) is 1.06. The lowest BCUT2D eigenvalue weighted by atomic mass is 10.0. The molecule has 0 saturated carbocycles. The van der Waals surface area contributed by atoms with Gasteiger partial charge in [-0.05, 0) is 37.0 Å². The fourth-order valence-corrected chi connectivity index (χ4v) is 4.73. The fraction of sp³-hybridized carbons (Fsp3) is 0.571. The maximum atomic E-state index is 12.0. The van der Waals surface area contributed by atoms with Crippen molar-refractivity contribution in [3.05, 3.63) is 29.8 Å². The Hall–Kier alpha value is -1.07. The highest BCUT2D eigenvalue weighted by Gasteiger charge is 2.33. The van der Waals surface area contributed by atoms with Gasteiger partial charge in [-0.2, -0.15) is 0 Å². The van der Waals surface area contributed by atoms with E-state index in [9.17, 15) is 8.42 Å². The second kappa shape index (κ2) is 5.92. The van der Waals surface area contributed by atoms with Crippen LogP contribution < -0.4 is 10.5 Å². The predicted molar refractivity (Wildman–Crippen MR) is 76.1 cm³/mol. The Labute approximate surface area is 114 Å². The molecule has 5 heteroatoms. The van der Waals surface area contributed by atoms with Crippen LogP contribution in [0.5, 0.6) is 5.75 Å². The normalized spacial score (nSPS) is 23.8. The topological polar surface area (TPSA) is 69.4 Å². The highest BCUT2D eigenvalue weighted by Crippen LogP contribution is 2.24. The summed E-state index contributed by atoms with van der Waals surface area (Å²) in [4.78, 5) is 0. The highest BCUT2D eigenvalue weighted by atomic mass is 32.2. The third-order valence-electron chi connectivity index (χ3n) is 3.71. The van der Waals surface area contributed by atoms with Crippen molar-refractivity contribution in [1.29, 1.82) is 0 Å². The Bertz CT molecular complexity index is 527. The minimum absolute atomic E-state index is 0.281. The van der Waals surface area contributed by atoms with E-state index in [-0.39, 0.29) is 11.8 Å². The van der Waals surface area contributed by atoms with Gasteiger partial charge in [0.05, 0.1) is 18.1 Å². The van der Waals surface area contributed by atoms with Gasteiger partial charge < -0.3 is 10.5 Å². The summed E-state index contributed by atoms with van der Waals surface area (Å²) in [5.41, 5.74) is 7.15. The lowest BCUT2D eigenvalue weighted by Gasteiger charge is -2.27. The number of rotatable bonds is 4. The molecule has 2 atom stereocenters. The van der Waals surface area contributed by atoms with E-state index in [0.717, 1.165) is 24.2 Å². The molecule has 19 heavy (non-hydrogen) atoms. The monoisotopic (exact) mass is 283 g/mol. The molecule has 0 aromatic heterocycles. The first-order chi connectivity index (χ1) is 9.03. The SMILES string of the molecule is COc1cccc(CC(N)C2CCCCS2(=O)=O)c1. The Morgan fingerprint density at radius 2 is 2.21 bits per heavy atom. The molecular weight excluding hydrogens is 262 g/mol. The van der Waals surface area contributed by atoms with Gasteiger partial charge >= 0.3 is 0 Å². The van der Waals surface area contributed by atoms with Crippen LogP contribution in [0.1, 0.15) is 24.8 Å². The largest absolute Gasteiger partial charge is 0.497 e. The van der Waals surface area contributed by atoms with E-state index in [0.29, 0.717) is 12.8 Å². The van der Waals surface area contributed by atoms with Gasteiger partial charge in [-0.15, -0.1) is 0 Å². The number of methoxy groups -OCH3 is 1. The Morgan fingerprint density at radius 1 is 1.42 bits per heavy atom. The van der Waals surface area contributed by atoms with Gasteiger partial charge in [-0.25, -0.2) is 8.42 Å². The van der Waals surface area contributed by atoms with E-state index in [2.05, 4.69) is 0 Å². The predicted octanol–water partition coefficient (Wildman–Crippen LogP) is 1.53. The van der Waals surface area contributed by atoms with Crippen LogP contribution in [0.4, 0.5) is 0 Å². The van der Waals surface area contributed by atoms with Gasteiger partial charge in [0.2, 0.25) is 0 Å². The van der Waals surface area contributed by atoms with Crippen molar-refractivity contribution in [2.75, 3.05) is 12.9 Å². The van der Waals surface area contributed by atoms with Crippen LogP contribution in [-0.2, 0) is 16.3 Å². The molecular formula is C14H21NO3S. The quantitative estimate of drug-likeness (QED) is 0.910. The Balaban J connectivity index is 2.09. The van der Waals surface area contributed by atoms with E-state index < -0.39 is 15.1 Å². The van der Waals surface area contributed by atoms with Crippen molar-refractivity contribution >= 4 is 9.84 Å². The van der Waals surface area contributed by atoms with Crippen LogP contribution in [0.3, 0.4) is 0 Å². The van der Waals surface area contributed by atoms with Crippen LogP contribution in [0, 0.1) is 0 Å². The number of hydrogen-bond acceptors (Lipinski definition) is 4. The summed E-state index contributed by atoms with van der Waals surface area (Å²) in [7, 11) is -1.40. The molecule has 0 amide bonds. The molecule has 0 spiro atoms. The van der Waals surface area contributed by atoms with Crippen molar-refractivity contribution in [3.63, 3.8) is 0 Å². The first-order valence-corrected chi connectivity index (χ1v) is 8.34. The van der Waals surface area contributed by atoms with E-state index in [1.54, 1.807) is 7.11 Å². The maximum Gasteiger partial charge on any atom is 0.154 e. The fourth-order valence-electron chi connectivity index (χ4n) is 2.66. The van der Waals surface area contributed by atoms with Crippen molar-refractivity contribution in [3.8, 4) is 5.75 Å². The van der Waals surface area contributed by atoms with Crippen LogP contribution in [0.15, 0.2) is 24.3 Å². The summed E-state index contributed by atoms with van der Waals surface area (Å²) in [6, 6.07) is 7.30. The van der Waals surface area contributed by atoms with Crippen molar-refractivity contribution in [1.82, 2.24) is 0 Å². The molecule has 1 fully saturated rings. The minimum Gasteiger partial charge on any atom is -0.497 e. The molecule has 1 aliphatic rings. The third kappa shape index (κ3) is 3.48. The van der Waals surface area contributed by atoms with Crippen LogP contribution in [0.2, 0.25) is 0 Å². The molecule has 0 bridgehead atoms. The Kier molecular flexibility index (Phi) is 4.47. The highest BCUT2D eigenvalue weighted by molar-refractivity contribution is 7.92. The van der Waals surface area contributed by atoms with Gasteiger partial charge in [-0.3, -0.25) is 0 Å². The summed E-state index contributed by atoms with van der Waals surface area (Å²) in [5, 5.41) is -0.396. The van der Waals surface area contributed by atoms with E-state index in [4.69, 9.17) is 10.5 Å². The lowest BCUT2D eigenvalue weighted by molar-refractivity contribution is 0.414. The van der Waals surface area contributed by atoms with E-state index in [1.165, 1.54) is 0 Å². The average Bonchev–Trinajstić information content (AvgIpc) is 2.38. The molecule has 1 aromatic rings. The maximum absolute atomic E-state index is 12.0. The van der Waals surface area contributed by atoms with E-state index >= 15 is 0 Å². The molecule has 0 aliphatic carbocycles. The standard InChI is InChI=1S/C14H21NO3S/c1-18-12-6-4-5-11(9-12)10-13(15)14-7-2-3-8-19(14,16)17/h4-6,9,13-14H,2-3,7-8,10,15H2,1H3. The average molecular weight is 283 g/mol. The molecule has 2 unspecified atom stereocenters. The molecule has 2 rings (SSSR count). The van der Waals surface area contributed by atoms with Gasteiger partial charge in [-0.1, -0.05) is 18.6 Å². The number of benzene rings is 1. The van der Waals surface area contributed by atoms with Crippen molar-refractivity contribution in [2.45, 2.75) is 37.0 Å². The van der Waals surface area contributed by atoms with Gasteiger partial charge in [0.1, 0.15) is 5.75 Å². The summed E-state index contributed by atoms with van der Waals surface area (Å²) in [6.45, 7) is 0. The lowest BCUT2D eigenvalue weighted by Crippen LogP contribution is -2.44.